The maximum Gasteiger partial charge on any atom is 0.340 e. The summed E-state index contributed by atoms with van der Waals surface area (Å²) < 4.78 is 9.96. The molecule has 1 fully saturated rings. The van der Waals surface area contributed by atoms with E-state index in [-0.39, 0.29) is 11.5 Å². The summed E-state index contributed by atoms with van der Waals surface area (Å²) in [5.41, 5.74) is 2.91. The van der Waals surface area contributed by atoms with Crippen LogP contribution in [0, 0.1) is 0 Å². The largest absolute Gasteiger partial charge is 0.472 e. The van der Waals surface area contributed by atoms with E-state index in [9.17, 15) is 9.59 Å². The molecule has 1 aromatic heterocycles. The number of carbonyl (C=O) groups excluding carboxylic acids is 2. The number of hydrogen-bond acceptors (Lipinski definition) is 4. The second-order valence-corrected chi connectivity index (χ2v) is 7.25. The molecule has 5 nitrogen and oxygen atoms in total. The summed E-state index contributed by atoms with van der Waals surface area (Å²) in [6, 6.07) is 14.5. The van der Waals surface area contributed by atoms with E-state index < -0.39 is 11.4 Å². The van der Waals surface area contributed by atoms with E-state index in [0.717, 1.165) is 29.5 Å². The van der Waals surface area contributed by atoms with Gasteiger partial charge in [-0.15, -0.1) is 0 Å². The third kappa shape index (κ3) is 3.29. The first-order valence-corrected chi connectivity index (χ1v) is 9.24. The maximum absolute atomic E-state index is 13.1. The standard InChI is InChI=1S/C22H18ClNO4/c1-27-20(25)18-12-17(23)5-6-19(18)24-21(26)22(8-9-22)16-4-2-3-14(11-16)15-7-10-28-13-15/h2-7,10-13H,8-9H2,1H3,(H,24,26). The van der Waals surface area contributed by atoms with Gasteiger partial charge in [-0.25, -0.2) is 4.79 Å². The van der Waals surface area contributed by atoms with Crippen LogP contribution in [0.25, 0.3) is 11.1 Å². The van der Waals surface area contributed by atoms with Gasteiger partial charge in [-0.1, -0.05) is 29.8 Å². The average Bonchev–Trinajstić information content (AvgIpc) is 3.35. The number of methoxy groups -OCH3 is 1. The normalized spacial score (nSPS) is 14.4. The van der Waals surface area contributed by atoms with Crippen molar-refractivity contribution in [2.45, 2.75) is 18.3 Å². The van der Waals surface area contributed by atoms with Crippen molar-refractivity contribution in [3.8, 4) is 11.1 Å². The van der Waals surface area contributed by atoms with Crippen molar-refractivity contribution in [2.24, 2.45) is 0 Å². The molecule has 1 amide bonds. The molecule has 142 valence electrons. The van der Waals surface area contributed by atoms with Crippen LogP contribution in [0.15, 0.2) is 65.5 Å². The van der Waals surface area contributed by atoms with Crippen molar-refractivity contribution in [1.82, 2.24) is 0 Å². The molecule has 1 aliphatic rings. The fourth-order valence-electron chi connectivity index (χ4n) is 3.34. The van der Waals surface area contributed by atoms with Gasteiger partial charge >= 0.3 is 5.97 Å². The van der Waals surface area contributed by atoms with Crippen LogP contribution >= 0.6 is 11.6 Å². The van der Waals surface area contributed by atoms with Crippen molar-refractivity contribution < 1.29 is 18.7 Å². The van der Waals surface area contributed by atoms with E-state index in [1.807, 2.05) is 30.3 Å². The van der Waals surface area contributed by atoms with Gasteiger partial charge in [-0.3, -0.25) is 4.79 Å². The number of furan rings is 1. The number of benzene rings is 2. The molecule has 28 heavy (non-hydrogen) atoms. The lowest BCUT2D eigenvalue weighted by Crippen LogP contribution is -2.28. The molecule has 1 heterocycles. The fourth-order valence-corrected chi connectivity index (χ4v) is 3.52. The Bertz CT molecular complexity index is 1040. The summed E-state index contributed by atoms with van der Waals surface area (Å²) in [5.74, 6) is -0.700. The van der Waals surface area contributed by atoms with Crippen LogP contribution in [0.5, 0.6) is 0 Å². The molecule has 0 atom stereocenters. The summed E-state index contributed by atoms with van der Waals surface area (Å²) in [6.45, 7) is 0. The Morgan fingerprint density at radius 3 is 2.61 bits per heavy atom. The number of amides is 1. The molecule has 0 spiro atoms. The molecule has 0 bridgehead atoms. The highest BCUT2D eigenvalue weighted by Crippen LogP contribution is 2.49. The Kier molecular flexibility index (Phi) is 4.69. The monoisotopic (exact) mass is 395 g/mol. The molecule has 0 unspecified atom stereocenters. The lowest BCUT2D eigenvalue weighted by molar-refractivity contribution is -0.118. The molecule has 0 aliphatic heterocycles. The molecule has 0 saturated heterocycles. The van der Waals surface area contributed by atoms with Crippen LogP contribution in [-0.4, -0.2) is 19.0 Å². The molecular formula is C22H18ClNO4. The molecular weight excluding hydrogens is 378 g/mol. The smallest absolute Gasteiger partial charge is 0.340 e. The Morgan fingerprint density at radius 2 is 1.93 bits per heavy atom. The third-order valence-corrected chi connectivity index (χ3v) is 5.32. The van der Waals surface area contributed by atoms with E-state index in [1.165, 1.54) is 13.2 Å². The van der Waals surface area contributed by atoms with Crippen LogP contribution < -0.4 is 5.32 Å². The van der Waals surface area contributed by atoms with Gasteiger partial charge in [0.15, 0.2) is 0 Å². The van der Waals surface area contributed by atoms with Gasteiger partial charge in [-0.2, -0.15) is 0 Å². The summed E-state index contributed by atoms with van der Waals surface area (Å²) in [4.78, 5) is 25.2. The second-order valence-electron chi connectivity index (χ2n) is 6.81. The highest BCUT2D eigenvalue weighted by Gasteiger charge is 2.51. The number of halogens is 1. The Hall–Kier alpha value is -3.05. The lowest BCUT2D eigenvalue weighted by Gasteiger charge is -2.18. The van der Waals surface area contributed by atoms with Gasteiger partial charge < -0.3 is 14.5 Å². The molecule has 1 N–H and O–H groups in total. The van der Waals surface area contributed by atoms with Gasteiger partial charge in [-0.05, 0) is 54.3 Å². The molecule has 2 aromatic carbocycles. The number of ether oxygens (including phenoxy) is 1. The van der Waals surface area contributed by atoms with Gasteiger partial charge in [0.2, 0.25) is 5.91 Å². The number of hydrogen-bond donors (Lipinski definition) is 1. The first kappa shape index (κ1) is 18.3. The number of esters is 1. The minimum atomic E-state index is -0.604. The zero-order valence-electron chi connectivity index (χ0n) is 15.2. The van der Waals surface area contributed by atoms with Gasteiger partial charge in [0, 0.05) is 10.6 Å². The number of carbonyl (C=O) groups is 2. The lowest BCUT2D eigenvalue weighted by atomic mass is 9.92. The Morgan fingerprint density at radius 1 is 1.11 bits per heavy atom. The molecule has 3 aromatic rings. The number of nitrogens with one attached hydrogen (secondary N) is 1. The quantitative estimate of drug-likeness (QED) is 0.613. The SMILES string of the molecule is COC(=O)c1cc(Cl)ccc1NC(=O)C1(c2cccc(-c3ccoc3)c2)CC1. The Balaban J connectivity index is 1.63. The van der Waals surface area contributed by atoms with Crippen molar-refractivity contribution in [3.63, 3.8) is 0 Å². The third-order valence-electron chi connectivity index (χ3n) is 5.09. The number of rotatable bonds is 5. The van der Waals surface area contributed by atoms with Crippen LogP contribution in [0.2, 0.25) is 5.02 Å². The highest BCUT2D eigenvalue weighted by atomic mass is 35.5. The fraction of sp³-hybridized carbons (Fsp3) is 0.182. The highest BCUT2D eigenvalue weighted by molar-refractivity contribution is 6.31. The molecule has 6 heteroatoms. The average molecular weight is 396 g/mol. The van der Waals surface area contributed by atoms with Crippen molar-refractivity contribution in [1.29, 1.82) is 0 Å². The van der Waals surface area contributed by atoms with Crippen LogP contribution in [-0.2, 0) is 14.9 Å². The van der Waals surface area contributed by atoms with Crippen molar-refractivity contribution in [2.75, 3.05) is 12.4 Å². The van der Waals surface area contributed by atoms with E-state index in [1.54, 1.807) is 24.7 Å². The van der Waals surface area contributed by atoms with Crippen LogP contribution in [0.3, 0.4) is 0 Å². The first-order chi connectivity index (χ1) is 13.5. The summed E-state index contributed by atoms with van der Waals surface area (Å²) in [5, 5.41) is 3.29. The summed E-state index contributed by atoms with van der Waals surface area (Å²) in [7, 11) is 1.29. The van der Waals surface area contributed by atoms with E-state index in [2.05, 4.69) is 5.32 Å². The van der Waals surface area contributed by atoms with Gasteiger partial charge in [0.05, 0.1) is 36.3 Å². The molecule has 0 radical (unpaired) electrons. The predicted octanol–water partition coefficient (Wildman–Crippen LogP) is 5.06. The van der Waals surface area contributed by atoms with E-state index >= 15 is 0 Å². The molecule has 1 aliphatic carbocycles. The minimum absolute atomic E-state index is 0.149. The first-order valence-electron chi connectivity index (χ1n) is 8.86. The second kappa shape index (κ2) is 7.17. The van der Waals surface area contributed by atoms with E-state index in [0.29, 0.717) is 10.7 Å². The summed E-state index contributed by atoms with van der Waals surface area (Å²) >= 11 is 5.99. The Labute approximate surface area is 167 Å². The predicted molar refractivity (Wildman–Crippen MR) is 106 cm³/mol. The van der Waals surface area contributed by atoms with E-state index in [4.69, 9.17) is 20.8 Å². The molecule has 1 saturated carbocycles. The number of anilines is 1. The van der Waals surface area contributed by atoms with Gasteiger partial charge in [0.1, 0.15) is 0 Å². The summed E-state index contributed by atoms with van der Waals surface area (Å²) in [6.07, 6.45) is 4.79. The van der Waals surface area contributed by atoms with Crippen LogP contribution in [0.4, 0.5) is 5.69 Å². The zero-order chi connectivity index (χ0) is 19.7. The minimum Gasteiger partial charge on any atom is -0.472 e. The van der Waals surface area contributed by atoms with Crippen molar-refractivity contribution in [3.05, 3.63) is 77.2 Å². The topological polar surface area (TPSA) is 68.5 Å². The zero-order valence-corrected chi connectivity index (χ0v) is 16.0. The van der Waals surface area contributed by atoms with Gasteiger partial charge in [0.25, 0.3) is 0 Å². The van der Waals surface area contributed by atoms with Crippen LogP contribution in [0.1, 0.15) is 28.8 Å². The molecule has 4 rings (SSSR count). The van der Waals surface area contributed by atoms with Crippen molar-refractivity contribution >= 4 is 29.2 Å². The maximum atomic E-state index is 13.1.